The van der Waals surface area contributed by atoms with Gasteiger partial charge in [-0.15, -0.1) is 0 Å². The van der Waals surface area contributed by atoms with Crippen molar-refractivity contribution in [2.75, 3.05) is 0 Å². The van der Waals surface area contributed by atoms with Gasteiger partial charge in [-0.05, 0) is 41.4 Å². The molecule has 0 N–H and O–H groups in total. The molecule has 0 aliphatic heterocycles. The molecule has 0 heterocycles. The Morgan fingerprint density at radius 2 is 1.77 bits per heavy atom. The van der Waals surface area contributed by atoms with E-state index >= 15 is 0 Å². The molecule has 1 aromatic carbocycles. The molecule has 0 radical (unpaired) electrons. The van der Waals surface area contributed by atoms with Crippen LogP contribution in [0.5, 0.6) is 0 Å². The molecule has 1 aromatic rings. The van der Waals surface area contributed by atoms with E-state index in [1.54, 1.807) is 5.57 Å². The SMILES string of the molecule is CC1(C)CCCC2(C)C1=CC1C(=O)C2C1c1ccc(Br)cc1. The average molecular weight is 359 g/mol. The number of halogens is 1. The average Bonchev–Trinajstić information content (AvgIpc) is 2.45. The Morgan fingerprint density at radius 1 is 1.09 bits per heavy atom. The fourth-order valence-corrected chi connectivity index (χ4v) is 5.75. The van der Waals surface area contributed by atoms with Gasteiger partial charge in [0.1, 0.15) is 5.78 Å². The van der Waals surface area contributed by atoms with Gasteiger partial charge in [0.2, 0.25) is 0 Å². The van der Waals surface area contributed by atoms with Crippen LogP contribution < -0.4 is 0 Å². The lowest BCUT2D eigenvalue weighted by molar-refractivity contribution is -0.145. The Balaban J connectivity index is 1.80. The van der Waals surface area contributed by atoms with Crippen LogP contribution in [-0.4, -0.2) is 5.78 Å². The maximum Gasteiger partial charge on any atom is 0.144 e. The van der Waals surface area contributed by atoms with Crippen molar-refractivity contribution in [1.82, 2.24) is 0 Å². The first-order valence-electron chi connectivity index (χ1n) is 8.36. The third-order valence-electron chi connectivity index (χ3n) is 6.51. The van der Waals surface area contributed by atoms with Crippen LogP contribution in [0.1, 0.15) is 51.5 Å². The molecule has 0 spiro atoms. The van der Waals surface area contributed by atoms with E-state index < -0.39 is 0 Å². The van der Waals surface area contributed by atoms with Crippen LogP contribution in [0.4, 0.5) is 0 Å². The smallest absolute Gasteiger partial charge is 0.144 e. The molecule has 0 aromatic heterocycles. The molecule has 1 nitrogen and oxygen atoms in total. The van der Waals surface area contributed by atoms with Gasteiger partial charge in [-0.1, -0.05) is 66.9 Å². The van der Waals surface area contributed by atoms with Gasteiger partial charge in [0.25, 0.3) is 0 Å². The van der Waals surface area contributed by atoms with Crippen LogP contribution in [0.15, 0.2) is 40.4 Å². The van der Waals surface area contributed by atoms with Gasteiger partial charge in [0.15, 0.2) is 0 Å². The van der Waals surface area contributed by atoms with E-state index in [1.807, 2.05) is 0 Å². The lowest BCUT2D eigenvalue weighted by atomic mass is 9.41. The first kappa shape index (κ1) is 14.7. The molecule has 4 unspecified atom stereocenters. The Hall–Kier alpha value is -0.890. The minimum absolute atomic E-state index is 0.0747. The second kappa shape index (κ2) is 4.56. The quantitative estimate of drug-likeness (QED) is 0.605. The van der Waals surface area contributed by atoms with Crippen molar-refractivity contribution in [2.24, 2.45) is 22.7 Å². The van der Waals surface area contributed by atoms with Crippen LogP contribution in [0.3, 0.4) is 0 Å². The fraction of sp³-hybridized carbons (Fsp3) is 0.550. The molecule has 22 heavy (non-hydrogen) atoms. The van der Waals surface area contributed by atoms with Gasteiger partial charge in [0, 0.05) is 22.2 Å². The topological polar surface area (TPSA) is 17.1 Å². The van der Waals surface area contributed by atoms with Crippen LogP contribution in [0.25, 0.3) is 0 Å². The summed E-state index contributed by atoms with van der Waals surface area (Å²) >= 11 is 3.51. The summed E-state index contributed by atoms with van der Waals surface area (Å²) in [4.78, 5) is 12.7. The van der Waals surface area contributed by atoms with Gasteiger partial charge < -0.3 is 0 Å². The van der Waals surface area contributed by atoms with Crippen molar-refractivity contribution >= 4 is 21.7 Å². The third-order valence-corrected chi connectivity index (χ3v) is 7.04. The molecule has 4 atom stereocenters. The Morgan fingerprint density at radius 3 is 2.45 bits per heavy atom. The van der Waals surface area contributed by atoms with Crippen molar-refractivity contribution in [3.63, 3.8) is 0 Å². The van der Waals surface area contributed by atoms with Crippen molar-refractivity contribution in [2.45, 2.75) is 46.0 Å². The molecule has 0 amide bonds. The van der Waals surface area contributed by atoms with Crippen molar-refractivity contribution in [3.8, 4) is 0 Å². The van der Waals surface area contributed by atoms with E-state index in [0.29, 0.717) is 11.7 Å². The highest BCUT2D eigenvalue weighted by Gasteiger charge is 2.63. The van der Waals surface area contributed by atoms with Crippen LogP contribution in [-0.2, 0) is 4.79 Å². The molecule has 0 saturated heterocycles. The normalized spacial score (nSPS) is 38.8. The number of ketones is 1. The first-order chi connectivity index (χ1) is 10.3. The molecule has 2 fully saturated rings. The second-order valence-electron chi connectivity index (χ2n) is 8.22. The number of rotatable bonds is 1. The van der Waals surface area contributed by atoms with E-state index in [4.69, 9.17) is 0 Å². The number of benzene rings is 1. The Labute approximate surface area is 141 Å². The first-order valence-corrected chi connectivity index (χ1v) is 9.16. The summed E-state index contributed by atoms with van der Waals surface area (Å²) in [5.41, 5.74) is 3.23. The van der Waals surface area contributed by atoms with Crippen molar-refractivity contribution < 1.29 is 4.79 Å². The Kier molecular flexibility index (Phi) is 3.05. The summed E-state index contributed by atoms with van der Waals surface area (Å²) in [5.74, 6) is 1.19. The largest absolute Gasteiger partial charge is 0.299 e. The molecular weight excluding hydrogens is 336 g/mol. The van der Waals surface area contributed by atoms with Crippen molar-refractivity contribution in [3.05, 3.63) is 46.0 Å². The van der Waals surface area contributed by atoms with Gasteiger partial charge in [-0.3, -0.25) is 4.79 Å². The van der Waals surface area contributed by atoms with E-state index in [1.165, 1.54) is 24.8 Å². The van der Waals surface area contributed by atoms with E-state index in [9.17, 15) is 4.79 Å². The lowest BCUT2D eigenvalue weighted by Gasteiger charge is -2.61. The summed E-state index contributed by atoms with van der Waals surface area (Å²) in [6.07, 6.45) is 6.01. The van der Waals surface area contributed by atoms with E-state index in [-0.39, 0.29) is 22.7 Å². The standard InChI is InChI=1S/C20H23BrO/c1-19(2)9-4-10-20(3)15(19)11-14-16(17(20)18(14)22)12-5-7-13(21)8-6-12/h5-8,11,14,16-17H,4,9-10H2,1-3H3. The van der Waals surface area contributed by atoms with Gasteiger partial charge in [-0.2, -0.15) is 0 Å². The molecule has 2 bridgehead atoms. The third kappa shape index (κ3) is 1.79. The zero-order chi connectivity index (χ0) is 15.7. The predicted octanol–water partition coefficient (Wildman–Crippen LogP) is 5.50. The number of carbonyl (C=O) groups excluding carboxylic acids is 1. The second-order valence-corrected chi connectivity index (χ2v) is 9.13. The highest BCUT2D eigenvalue weighted by molar-refractivity contribution is 9.10. The molecule has 116 valence electrons. The fourth-order valence-electron chi connectivity index (χ4n) is 5.49. The maximum absolute atomic E-state index is 12.7. The van der Waals surface area contributed by atoms with E-state index in [0.717, 1.165) is 4.47 Å². The van der Waals surface area contributed by atoms with Crippen LogP contribution in [0.2, 0.25) is 0 Å². The monoisotopic (exact) mass is 358 g/mol. The summed E-state index contributed by atoms with van der Waals surface area (Å²) in [6.45, 7) is 7.07. The Bertz CT molecular complexity index is 669. The lowest BCUT2D eigenvalue weighted by Crippen LogP contribution is -2.59. The summed E-state index contributed by atoms with van der Waals surface area (Å²) in [5, 5.41) is 0. The van der Waals surface area contributed by atoms with Gasteiger partial charge >= 0.3 is 0 Å². The summed E-state index contributed by atoms with van der Waals surface area (Å²) in [7, 11) is 0. The van der Waals surface area contributed by atoms with E-state index in [2.05, 4.69) is 67.0 Å². The summed E-state index contributed by atoms with van der Waals surface area (Å²) < 4.78 is 1.10. The summed E-state index contributed by atoms with van der Waals surface area (Å²) in [6, 6.07) is 8.59. The number of Topliss-reactive ketones (excluding diaryl/α,β-unsaturated/α-hetero) is 1. The highest BCUT2D eigenvalue weighted by Crippen LogP contribution is 2.67. The molecule has 4 aliphatic rings. The van der Waals surface area contributed by atoms with Crippen molar-refractivity contribution in [1.29, 1.82) is 0 Å². The molecule has 2 saturated carbocycles. The number of allylic oxidation sites excluding steroid dienone is 2. The van der Waals surface area contributed by atoms with Crippen LogP contribution in [0, 0.1) is 22.7 Å². The zero-order valence-corrected chi connectivity index (χ0v) is 15.1. The van der Waals surface area contributed by atoms with Crippen LogP contribution >= 0.6 is 15.9 Å². The molecule has 4 aliphatic carbocycles. The number of hydrogen-bond acceptors (Lipinski definition) is 1. The molecular formula is C20H23BrO. The maximum atomic E-state index is 12.7. The molecule has 5 rings (SSSR count). The highest BCUT2D eigenvalue weighted by atomic mass is 79.9. The molecule has 2 heteroatoms. The number of carbonyl (C=O) groups is 1. The zero-order valence-electron chi connectivity index (χ0n) is 13.5. The van der Waals surface area contributed by atoms with Gasteiger partial charge in [-0.25, -0.2) is 0 Å². The minimum atomic E-state index is 0.0747. The number of hydrogen-bond donors (Lipinski definition) is 0. The minimum Gasteiger partial charge on any atom is -0.299 e. The van der Waals surface area contributed by atoms with Gasteiger partial charge in [0.05, 0.1) is 0 Å². The predicted molar refractivity (Wildman–Crippen MR) is 92.7 cm³/mol.